The van der Waals surface area contributed by atoms with Crippen LogP contribution in [0.15, 0.2) is 11.9 Å². The molecule has 1 aliphatic heterocycles. The van der Waals surface area contributed by atoms with Gasteiger partial charge < -0.3 is 11.1 Å². The lowest BCUT2D eigenvalue weighted by molar-refractivity contribution is 0.399. The molecule has 2 aliphatic rings. The van der Waals surface area contributed by atoms with Gasteiger partial charge in [0.2, 0.25) is 0 Å². The molecule has 2 atom stereocenters. The lowest BCUT2D eigenvalue weighted by Crippen LogP contribution is -2.31. The molecule has 2 nitrogen and oxygen atoms in total. The molecule has 2 heteroatoms. The summed E-state index contributed by atoms with van der Waals surface area (Å²) in [7, 11) is 0. The molecule has 1 saturated carbocycles. The van der Waals surface area contributed by atoms with E-state index in [1.54, 1.807) is 0 Å². The zero-order valence-electron chi connectivity index (χ0n) is 6.57. The highest BCUT2D eigenvalue weighted by Gasteiger charge is 2.63. The van der Waals surface area contributed by atoms with Crippen molar-refractivity contribution in [2.24, 2.45) is 16.6 Å². The average Bonchev–Trinajstić information content (AvgIpc) is 2.38. The summed E-state index contributed by atoms with van der Waals surface area (Å²) in [6, 6.07) is 0. The van der Waals surface area contributed by atoms with Gasteiger partial charge in [-0.1, -0.05) is 13.8 Å². The van der Waals surface area contributed by atoms with Crippen molar-refractivity contribution in [2.75, 3.05) is 6.54 Å². The summed E-state index contributed by atoms with van der Waals surface area (Å²) in [5.74, 6) is 0. The van der Waals surface area contributed by atoms with Crippen molar-refractivity contribution in [3.05, 3.63) is 11.9 Å². The van der Waals surface area contributed by atoms with Crippen LogP contribution in [0.4, 0.5) is 0 Å². The van der Waals surface area contributed by atoms with Gasteiger partial charge in [-0.3, -0.25) is 0 Å². The molecular formula is C8H14N2. The summed E-state index contributed by atoms with van der Waals surface area (Å²) in [6.45, 7) is 5.63. The molecule has 0 aromatic carbocycles. The molecule has 2 rings (SSSR count). The summed E-state index contributed by atoms with van der Waals surface area (Å²) in [6.07, 6.45) is 3.20. The minimum Gasteiger partial charge on any atom is -0.400 e. The lowest BCUT2D eigenvalue weighted by atomic mass is 9.91. The Morgan fingerprint density at radius 3 is 2.80 bits per heavy atom. The number of rotatable bonds is 0. The van der Waals surface area contributed by atoms with Crippen molar-refractivity contribution in [1.29, 1.82) is 0 Å². The van der Waals surface area contributed by atoms with Crippen LogP contribution in [0.25, 0.3) is 0 Å². The Morgan fingerprint density at radius 1 is 1.60 bits per heavy atom. The number of nitrogens with one attached hydrogen (secondary N) is 1. The van der Waals surface area contributed by atoms with Gasteiger partial charge in [-0.2, -0.15) is 0 Å². The van der Waals surface area contributed by atoms with Crippen LogP contribution >= 0.6 is 0 Å². The topological polar surface area (TPSA) is 38.0 Å². The first-order chi connectivity index (χ1) is 4.58. The molecule has 56 valence electrons. The number of hydrogen-bond acceptors (Lipinski definition) is 2. The van der Waals surface area contributed by atoms with Crippen molar-refractivity contribution in [3.63, 3.8) is 0 Å². The molecular weight excluding hydrogens is 124 g/mol. The molecule has 1 fully saturated rings. The third kappa shape index (κ3) is 0.459. The first-order valence-electron chi connectivity index (χ1n) is 3.78. The van der Waals surface area contributed by atoms with E-state index >= 15 is 0 Å². The Bertz CT molecular complexity index is 209. The molecule has 0 amide bonds. The van der Waals surface area contributed by atoms with Crippen LogP contribution in [0, 0.1) is 10.8 Å². The van der Waals surface area contributed by atoms with E-state index < -0.39 is 0 Å². The Morgan fingerprint density at radius 2 is 2.30 bits per heavy atom. The second-order valence-electron chi connectivity index (χ2n) is 4.05. The minimum absolute atomic E-state index is 0.318. The maximum Gasteiger partial charge on any atom is 0.0306 e. The van der Waals surface area contributed by atoms with Gasteiger partial charge in [-0.05, 0) is 11.8 Å². The Labute approximate surface area is 61.5 Å². The summed E-state index contributed by atoms with van der Waals surface area (Å²) >= 11 is 0. The Hall–Kier alpha value is -0.660. The van der Waals surface area contributed by atoms with Gasteiger partial charge in [0.05, 0.1) is 0 Å². The summed E-state index contributed by atoms with van der Waals surface area (Å²) in [5, 5.41) is 3.20. The second kappa shape index (κ2) is 1.34. The van der Waals surface area contributed by atoms with Gasteiger partial charge in [0.25, 0.3) is 0 Å². The maximum absolute atomic E-state index is 5.84. The van der Waals surface area contributed by atoms with E-state index in [0.29, 0.717) is 10.8 Å². The molecule has 10 heavy (non-hydrogen) atoms. The van der Waals surface area contributed by atoms with E-state index in [2.05, 4.69) is 19.2 Å². The van der Waals surface area contributed by atoms with Gasteiger partial charge in [0, 0.05) is 23.9 Å². The monoisotopic (exact) mass is 138 g/mol. The molecule has 0 aromatic heterocycles. The number of fused-ring (bicyclic) bond motifs is 1. The molecule has 0 radical (unpaired) electrons. The van der Waals surface area contributed by atoms with Crippen LogP contribution in [-0.2, 0) is 0 Å². The Kier molecular flexibility index (Phi) is 0.812. The standard InChI is InChI=1S/C8H14N2/c1-7-4-8(7,2)6(9)3-10-5-7/h3,10H,4-5,9H2,1-2H3/t7?,8-/m1/s1. The molecule has 1 aliphatic carbocycles. The minimum atomic E-state index is 0.318. The van der Waals surface area contributed by atoms with Crippen molar-refractivity contribution in [1.82, 2.24) is 5.32 Å². The van der Waals surface area contributed by atoms with Gasteiger partial charge in [0.1, 0.15) is 0 Å². The fourth-order valence-corrected chi connectivity index (χ4v) is 1.99. The van der Waals surface area contributed by atoms with Crippen LogP contribution < -0.4 is 11.1 Å². The summed E-state index contributed by atoms with van der Waals surface area (Å²) in [5.41, 5.74) is 7.63. The van der Waals surface area contributed by atoms with Crippen molar-refractivity contribution < 1.29 is 0 Å². The first kappa shape index (κ1) is 6.08. The smallest absolute Gasteiger partial charge is 0.0306 e. The average molecular weight is 138 g/mol. The zero-order valence-corrected chi connectivity index (χ0v) is 6.57. The predicted molar refractivity (Wildman–Crippen MR) is 41.1 cm³/mol. The first-order valence-corrected chi connectivity index (χ1v) is 3.78. The van der Waals surface area contributed by atoms with E-state index in [1.165, 1.54) is 6.42 Å². The van der Waals surface area contributed by atoms with Crippen LogP contribution in [0.2, 0.25) is 0 Å². The SMILES string of the molecule is CC12CNC=C(N)[C@@]1(C)C2. The van der Waals surface area contributed by atoms with Crippen LogP contribution in [-0.4, -0.2) is 6.54 Å². The normalized spacial score (nSPS) is 50.8. The fraction of sp³-hybridized carbons (Fsp3) is 0.750. The third-order valence-electron chi connectivity index (χ3n) is 3.34. The zero-order chi connectivity index (χ0) is 7.41. The largest absolute Gasteiger partial charge is 0.400 e. The summed E-state index contributed by atoms with van der Waals surface area (Å²) in [4.78, 5) is 0. The van der Waals surface area contributed by atoms with Crippen molar-refractivity contribution in [2.45, 2.75) is 20.3 Å². The molecule has 1 heterocycles. The van der Waals surface area contributed by atoms with E-state index in [0.717, 1.165) is 12.2 Å². The van der Waals surface area contributed by atoms with E-state index in [1.807, 2.05) is 6.20 Å². The quantitative estimate of drug-likeness (QED) is 0.519. The van der Waals surface area contributed by atoms with Gasteiger partial charge in [-0.25, -0.2) is 0 Å². The highest BCUT2D eigenvalue weighted by Crippen LogP contribution is 2.66. The van der Waals surface area contributed by atoms with E-state index in [9.17, 15) is 0 Å². The predicted octanol–water partition coefficient (Wildman–Crippen LogP) is 0.806. The highest BCUT2D eigenvalue weighted by atomic mass is 15.0. The van der Waals surface area contributed by atoms with E-state index in [-0.39, 0.29) is 0 Å². The molecule has 0 spiro atoms. The van der Waals surface area contributed by atoms with Gasteiger partial charge in [-0.15, -0.1) is 0 Å². The van der Waals surface area contributed by atoms with E-state index in [4.69, 9.17) is 5.73 Å². The second-order valence-corrected chi connectivity index (χ2v) is 4.05. The lowest BCUT2D eigenvalue weighted by Gasteiger charge is -2.24. The molecule has 1 unspecified atom stereocenters. The fourth-order valence-electron chi connectivity index (χ4n) is 1.99. The number of nitrogens with two attached hydrogens (primary N) is 1. The van der Waals surface area contributed by atoms with Crippen LogP contribution in [0.3, 0.4) is 0 Å². The van der Waals surface area contributed by atoms with Crippen LogP contribution in [0.5, 0.6) is 0 Å². The van der Waals surface area contributed by atoms with Gasteiger partial charge >= 0.3 is 0 Å². The van der Waals surface area contributed by atoms with Gasteiger partial charge in [0.15, 0.2) is 0 Å². The molecule has 0 bridgehead atoms. The highest BCUT2D eigenvalue weighted by molar-refractivity contribution is 5.29. The summed E-state index contributed by atoms with van der Waals surface area (Å²) < 4.78 is 0. The molecule has 0 aromatic rings. The molecule has 3 N–H and O–H groups in total. The Balaban J connectivity index is 2.36. The maximum atomic E-state index is 5.84. The third-order valence-corrected chi connectivity index (χ3v) is 3.34. The van der Waals surface area contributed by atoms with Crippen molar-refractivity contribution >= 4 is 0 Å². The number of hydrogen-bond donors (Lipinski definition) is 2. The number of allylic oxidation sites excluding steroid dienone is 1. The van der Waals surface area contributed by atoms with Crippen molar-refractivity contribution in [3.8, 4) is 0 Å². The van der Waals surface area contributed by atoms with Crippen LogP contribution in [0.1, 0.15) is 20.3 Å². The molecule has 0 saturated heterocycles.